The quantitative estimate of drug-likeness (QED) is 0.888. The molecular formula is C15H23N5O. The monoisotopic (exact) mass is 289 g/mol. The summed E-state index contributed by atoms with van der Waals surface area (Å²) in [7, 11) is 0. The van der Waals surface area contributed by atoms with Crippen LogP contribution in [0.4, 0.5) is 10.7 Å². The Balaban J connectivity index is 1.50. The standard InChI is InChI=1S/C15H23N5O/c21-15(18-12-5-1-2-6-12)19-13-7-3-10-20(11-13)14-16-8-4-9-17-14/h4,8-9,12-13H,1-3,5-7,10-11H2,(H2,18,19,21)/t13-/m0/s1. The number of aromatic nitrogens is 2. The summed E-state index contributed by atoms with van der Waals surface area (Å²) in [6.45, 7) is 1.73. The number of piperidine rings is 1. The van der Waals surface area contributed by atoms with Crippen LogP contribution in [0.5, 0.6) is 0 Å². The Morgan fingerprint density at radius 3 is 2.48 bits per heavy atom. The second-order valence-electron chi connectivity index (χ2n) is 5.93. The first-order valence-electron chi connectivity index (χ1n) is 7.90. The van der Waals surface area contributed by atoms with E-state index in [9.17, 15) is 4.79 Å². The number of rotatable bonds is 3. The summed E-state index contributed by atoms with van der Waals surface area (Å²) in [6.07, 6.45) is 10.3. The molecule has 1 aliphatic carbocycles. The molecule has 2 N–H and O–H groups in total. The molecule has 6 nitrogen and oxygen atoms in total. The van der Waals surface area contributed by atoms with Crippen LogP contribution in [0.15, 0.2) is 18.5 Å². The molecule has 2 aliphatic rings. The number of hydrogen-bond acceptors (Lipinski definition) is 4. The van der Waals surface area contributed by atoms with Gasteiger partial charge < -0.3 is 15.5 Å². The lowest BCUT2D eigenvalue weighted by Crippen LogP contribution is -2.52. The van der Waals surface area contributed by atoms with Crippen molar-refractivity contribution in [2.24, 2.45) is 0 Å². The molecule has 1 saturated heterocycles. The Morgan fingerprint density at radius 2 is 1.71 bits per heavy atom. The van der Waals surface area contributed by atoms with Crippen molar-refractivity contribution in [3.63, 3.8) is 0 Å². The van der Waals surface area contributed by atoms with E-state index in [0.717, 1.165) is 44.7 Å². The van der Waals surface area contributed by atoms with Crippen LogP contribution in [0.25, 0.3) is 0 Å². The lowest BCUT2D eigenvalue weighted by atomic mass is 10.1. The van der Waals surface area contributed by atoms with Gasteiger partial charge in [-0.05, 0) is 31.7 Å². The van der Waals surface area contributed by atoms with Crippen LogP contribution >= 0.6 is 0 Å². The molecule has 0 bridgehead atoms. The number of nitrogens with one attached hydrogen (secondary N) is 2. The van der Waals surface area contributed by atoms with Gasteiger partial charge in [-0.15, -0.1) is 0 Å². The summed E-state index contributed by atoms with van der Waals surface area (Å²) < 4.78 is 0. The minimum atomic E-state index is -0.0252. The largest absolute Gasteiger partial charge is 0.339 e. The third-order valence-corrected chi connectivity index (χ3v) is 4.28. The van der Waals surface area contributed by atoms with E-state index in [1.165, 1.54) is 12.8 Å². The van der Waals surface area contributed by atoms with Crippen molar-refractivity contribution in [2.45, 2.75) is 50.6 Å². The average Bonchev–Trinajstić information content (AvgIpc) is 3.01. The lowest BCUT2D eigenvalue weighted by molar-refractivity contribution is 0.231. The second kappa shape index (κ2) is 6.74. The molecule has 0 unspecified atom stereocenters. The first-order chi connectivity index (χ1) is 10.3. The molecule has 3 rings (SSSR count). The molecule has 6 heteroatoms. The number of carbonyl (C=O) groups excluding carboxylic acids is 1. The van der Waals surface area contributed by atoms with Gasteiger partial charge in [0.15, 0.2) is 0 Å². The molecule has 21 heavy (non-hydrogen) atoms. The highest BCUT2D eigenvalue weighted by molar-refractivity contribution is 5.74. The zero-order valence-electron chi connectivity index (χ0n) is 12.3. The topological polar surface area (TPSA) is 70.2 Å². The maximum Gasteiger partial charge on any atom is 0.315 e. The first kappa shape index (κ1) is 14.1. The van der Waals surface area contributed by atoms with Gasteiger partial charge in [-0.2, -0.15) is 0 Å². The Bertz CT molecular complexity index is 460. The molecule has 2 heterocycles. The minimum Gasteiger partial charge on any atom is -0.339 e. The molecule has 1 saturated carbocycles. The van der Waals surface area contributed by atoms with Gasteiger partial charge in [-0.3, -0.25) is 0 Å². The predicted octanol–water partition coefficient (Wildman–Crippen LogP) is 1.69. The molecule has 0 aromatic carbocycles. The molecule has 0 spiro atoms. The molecule has 114 valence electrons. The average molecular weight is 289 g/mol. The van der Waals surface area contributed by atoms with Gasteiger partial charge in [-0.1, -0.05) is 12.8 Å². The zero-order chi connectivity index (χ0) is 14.5. The van der Waals surface area contributed by atoms with E-state index in [-0.39, 0.29) is 12.1 Å². The van der Waals surface area contributed by atoms with Crippen molar-refractivity contribution < 1.29 is 4.79 Å². The summed E-state index contributed by atoms with van der Waals surface area (Å²) in [4.78, 5) is 22.8. The molecule has 1 aliphatic heterocycles. The highest BCUT2D eigenvalue weighted by atomic mass is 16.2. The van der Waals surface area contributed by atoms with E-state index >= 15 is 0 Å². The van der Waals surface area contributed by atoms with Gasteiger partial charge in [0.1, 0.15) is 0 Å². The van der Waals surface area contributed by atoms with E-state index < -0.39 is 0 Å². The Morgan fingerprint density at radius 1 is 1.05 bits per heavy atom. The Kier molecular flexibility index (Phi) is 4.52. The normalized spacial score (nSPS) is 23.0. The van der Waals surface area contributed by atoms with Crippen LogP contribution in [-0.2, 0) is 0 Å². The third-order valence-electron chi connectivity index (χ3n) is 4.28. The van der Waals surface area contributed by atoms with Gasteiger partial charge in [0.25, 0.3) is 0 Å². The fourth-order valence-corrected chi connectivity index (χ4v) is 3.21. The van der Waals surface area contributed by atoms with Crippen LogP contribution in [0.3, 0.4) is 0 Å². The van der Waals surface area contributed by atoms with E-state index in [2.05, 4.69) is 25.5 Å². The molecule has 1 atom stereocenters. The molecular weight excluding hydrogens is 266 g/mol. The fraction of sp³-hybridized carbons (Fsp3) is 0.667. The highest BCUT2D eigenvalue weighted by Crippen LogP contribution is 2.18. The maximum absolute atomic E-state index is 12.0. The third kappa shape index (κ3) is 3.83. The van der Waals surface area contributed by atoms with Gasteiger partial charge in [0.2, 0.25) is 5.95 Å². The number of urea groups is 1. The summed E-state index contributed by atoms with van der Waals surface area (Å²) in [6, 6.07) is 2.33. The first-order valence-corrected chi connectivity index (χ1v) is 7.90. The SMILES string of the molecule is O=C(NC1CCCC1)N[C@H]1CCCN(c2ncccn2)C1. The number of anilines is 1. The summed E-state index contributed by atoms with van der Waals surface area (Å²) in [5.74, 6) is 0.750. The van der Waals surface area contributed by atoms with E-state index in [0.29, 0.717) is 6.04 Å². The van der Waals surface area contributed by atoms with Crippen LogP contribution in [0, 0.1) is 0 Å². The van der Waals surface area contributed by atoms with E-state index in [1.807, 2.05) is 6.07 Å². The summed E-state index contributed by atoms with van der Waals surface area (Å²) in [5.41, 5.74) is 0. The van der Waals surface area contributed by atoms with Crippen molar-refractivity contribution >= 4 is 12.0 Å². The highest BCUT2D eigenvalue weighted by Gasteiger charge is 2.24. The molecule has 1 aromatic rings. The van der Waals surface area contributed by atoms with Gasteiger partial charge in [0, 0.05) is 37.6 Å². The van der Waals surface area contributed by atoms with Crippen molar-refractivity contribution in [1.29, 1.82) is 0 Å². The van der Waals surface area contributed by atoms with Crippen LogP contribution in [0.1, 0.15) is 38.5 Å². The van der Waals surface area contributed by atoms with E-state index in [1.54, 1.807) is 12.4 Å². The number of hydrogen-bond donors (Lipinski definition) is 2. The number of nitrogens with zero attached hydrogens (tertiary/aromatic N) is 3. The zero-order valence-corrected chi connectivity index (χ0v) is 12.3. The number of carbonyl (C=O) groups is 1. The second-order valence-corrected chi connectivity index (χ2v) is 5.93. The summed E-state index contributed by atoms with van der Waals surface area (Å²) >= 11 is 0. The molecule has 1 aromatic heterocycles. The lowest BCUT2D eigenvalue weighted by Gasteiger charge is -2.33. The van der Waals surface area contributed by atoms with Crippen LogP contribution in [0.2, 0.25) is 0 Å². The molecule has 0 radical (unpaired) electrons. The van der Waals surface area contributed by atoms with Crippen molar-refractivity contribution in [3.8, 4) is 0 Å². The Hall–Kier alpha value is -1.85. The maximum atomic E-state index is 12.0. The van der Waals surface area contributed by atoms with Gasteiger partial charge in [0.05, 0.1) is 0 Å². The van der Waals surface area contributed by atoms with Crippen LogP contribution < -0.4 is 15.5 Å². The van der Waals surface area contributed by atoms with Crippen molar-refractivity contribution in [3.05, 3.63) is 18.5 Å². The van der Waals surface area contributed by atoms with Gasteiger partial charge >= 0.3 is 6.03 Å². The fourth-order valence-electron chi connectivity index (χ4n) is 3.21. The van der Waals surface area contributed by atoms with Crippen LogP contribution in [-0.4, -0.2) is 41.2 Å². The molecule has 2 fully saturated rings. The predicted molar refractivity (Wildman–Crippen MR) is 81.2 cm³/mol. The van der Waals surface area contributed by atoms with E-state index in [4.69, 9.17) is 0 Å². The molecule has 2 amide bonds. The number of amides is 2. The van der Waals surface area contributed by atoms with Gasteiger partial charge in [-0.25, -0.2) is 14.8 Å². The smallest absolute Gasteiger partial charge is 0.315 e. The summed E-state index contributed by atoms with van der Waals surface area (Å²) in [5, 5.41) is 6.18. The Labute approximate surface area is 125 Å². The van der Waals surface area contributed by atoms with Crippen molar-refractivity contribution in [2.75, 3.05) is 18.0 Å². The minimum absolute atomic E-state index is 0.0252. The van der Waals surface area contributed by atoms with Crippen molar-refractivity contribution in [1.82, 2.24) is 20.6 Å².